The van der Waals surface area contributed by atoms with Gasteiger partial charge in [0.2, 0.25) is 0 Å². The molecule has 0 aliphatic heterocycles. The number of ether oxygens (including phenoxy) is 2. The van der Waals surface area contributed by atoms with Crippen LogP contribution in [0.25, 0.3) is 5.69 Å². The minimum absolute atomic E-state index is 0.142. The predicted octanol–water partition coefficient (Wildman–Crippen LogP) is 3.88. The van der Waals surface area contributed by atoms with Crippen LogP contribution in [0.2, 0.25) is 0 Å². The molecule has 0 atom stereocenters. The molecule has 0 unspecified atom stereocenters. The number of carbonyl (C=O) groups excluding carboxylic acids is 1. The lowest BCUT2D eigenvalue weighted by Crippen LogP contribution is -2.17. The van der Waals surface area contributed by atoms with E-state index in [4.69, 9.17) is 0 Å². The second-order valence-corrected chi connectivity index (χ2v) is 5.95. The van der Waals surface area contributed by atoms with Crippen LogP contribution in [0.5, 0.6) is 5.75 Å². The Kier molecular flexibility index (Phi) is 5.81. The zero-order valence-corrected chi connectivity index (χ0v) is 15.1. The number of methoxy groups -OCH3 is 1. The van der Waals surface area contributed by atoms with Crippen molar-refractivity contribution in [3.05, 3.63) is 71.6 Å². The molecule has 0 bridgehead atoms. The third-order valence-electron chi connectivity index (χ3n) is 3.95. The molecule has 2 aromatic carbocycles. The minimum Gasteiger partial charge on any atom is -0.465 e. The summed E-state index contributed by atoms with van der Waals surface area (Å²) in [4.78, 5) is 15.5. The quantitative estimate of drug-likeness (QED) is 0.457. The maximum atomic E-state index is 14.0. The summed E-state index contributed by atoms with van der Waals surface area (Å²) in [6, 6.07) is 9.41. The second-order valence-electron chi connectivity index (χ2n) is 5.95. The van der Waals surface area contributed by atoms with Crippen LogP contribution in [-0.2, 0) is 17.6 Å². The standard InChI is InChI=1S/C19H15F4N3O3/c1-28-18(27)15-8-2-12(10-16(15)20)3-9-17-24-11-26(25-17)13-4-6-14(7-5-13)29-19(21,22)23/h2,4-8,10-11H,3,9H2,1H3. The van der Waals surface area contributed by atoms with E-state index in [0.717, 1.165) is 0 Å². The second kappa shape index (κ2) is 8.29. The molecule has 0 amide bonds. The molecule has 0 aliphatic rings. The van der Waals surface area contributed by atoms with Crippen LogP contribution in [0.15, 0.2) is 48.8 Å². The highest BCUT2D eigenvalue weighted by atomic mass is 19.4. The Hall–Kier alpha value is -3.43. The molecule has 152 valence electrons. The number of rotatable bonds is 6. The maximum Gasteiger partial charge on any atom is 0.573 e. The van der Waals surface area contributed by atoms with E-state index in [1.165, 1.54) is 54.5 Å². The SMILES string of the molecule is COC(=O)c1ccc(CCc2ncn(-c3ccc(OC(F)(F)F)cc3)n2)cc1F. The Morgan fingerprint density at radius 3 is 2.45 bits per heavy atom. The van der Waals surface area contributed by atoms with Crippen molar-refractivity contribution in [2.75, 3.05) is 7.11 Å². The molecule has 6 nitrogen and oxygen atoms in total. The van der Waals surface area contributed by atoms with Crippen LogP contribution in [-0.4, -0.2) is 34.2 Å². The third-order valence-corrected chi connectivity index (χ3v) is 3.95. The van der Waals surface area contributed by atoms with Gasteiger partial charge < -0.3 is 9.47 Å². The van der Waals surface area contributed by atoms with Crippen molar-refractivity contribution in [1.82, 2.24) is 14.8 Å². The van der Waals surface area contributed by atoms with Crippen molar-refractivity contribution in [2.45, 2.75) is 19.2 Å². The fourth-order valence-electron chi connectivity index (χ4n) is 2.58. The lowest BCUT2D eigenvalue weighted by atomic mass is 10.1. The summed E-state index contributed by atoms with van der Waals surface area (Å²) in [6.45, 7) is 0. The zero-order valence-electron chi connectivity index (χ0n) is 15.1. The first-order valence-corrected chi connectivity index (χ1v) is 8.38. The van der Waals surface area contributed by atoms with Gasteiger partial charge in [-0.2, -0.15) is 5.10 Å². The van der Waals surface area contributed by atoms with E-state index in [1.54, 1.807) is 6.07 Å². The smallest absolute Gasteiger partial charge is 0.465 e. The molecule has 29 heavy (non-hydrogen) atoms. The van der Waals surface area contributed by atoms with Gasteiger partial charge in [0.25, 0.3) is 0 Å². The Labute approximate surface area is 162 Å². The topological polar surface area (TPSA) is 66.2 Å². The highest BCUT2D eigenvalue weighted by Gasteiger charge is 2.31. The summed E-state index contributed by atoms with van der Waals surface area (Å²) in [5.41, 5.74) is 1.02. The first-order valence-electron chi connectivity index (χ1n) is 8.38. The molecule has 10 heteroatoms. The lowest BCUT2D eigenvalue weighted by Gasteiger charge is -2.09. The number of aryl methyl sites for hydroxylation is 2. The number of halogens is 4. The molecular weight excluding hydrogens is 394 g/mol. The fraction of sp³-hybridized carbons (Fsp3) is 0.211. The molecule has 0 saturated carbocycles. The number of hydrogen-bond acceptors (Lipinski definition) is 5. The van der Waals surface area contributed by atoms with Crippen molar-refractivity contribution in [3.8, 4) is 11.4 Å². The van der Waals surface area contributed by atoms with Crippen LogP contribution in [0, 0.1) is 5.82 Å². The fourth-order valence-corrected chi connectivity index (χ4v) is 2.58. The summed E-state index contributed by atoms with van der Waals surface area (Å²) in [5.74, 6) is -1.28. The highest BCUT2D eigenvalue weighted by Crippen LogP contribution is 2.23. The number of esters is 1. The van der Waals surface area contributed by atoms with E-state index in [-0.39, 0.29) is 11.3 Å². The Bertz CT molecular complexity index is 1000. The Balaban J connectivity index is 1.63. The monoisotopic (exact) mass is 409 g/mol. The van der Waals surface area contributed by atoms with Crippen LogP contribution in [0.3, 0.4) is 0 Å². The lowest BCUT2D eigenvalue weighted by molar-refractivity contribution is -0.274. The van der Waals surface area contributed by atoms with Gasteiger partial charge in [-0.05, 0) is 48.4 Å². The van der Waals surface area contributed by atoms with E-state index in [0.29, 0.717) is 29.9 Å². The van der Waals surface area contributed by atoms with Crippen molar-refractivity contribution < 1.29 is 31.8 Å². The van der Waals surface area contributed by atoms with E-state index in [9.17, 15) is 22.4 Å². The average molecular weight is 409 g/mol. The summed E-state index contributed by atoms with van der Waals surface area (Å²) >= 11 is 0. The van der Waals surface area contributed by atoms with Crippen molar-refractivity contribution in [3.63, 3.8) is 0 Å². The van der Waals surface area contributed by atoms with Crippen LogP contribution < -0.4 is 4.74 Å². The van der Waals surface area contributed by atoms with E-state index >= 15 is 0 Å². The molecule has 0 saturated heterocycles. The molecule has 3 rings (SSSR count). The summed E-state index contributed by atoms with van der Waals surface area (Å²) in [7, 11) is 1.18. The van der Waals surface area contributed by atoms with Crippen molar-refractivity contribution >= 4 is 5.97 Å². The zero-order chi connectivity index (χ0) is 21.0. The maximum absolute atomic E-state index is 14.0. The Morgan fingerprint density at radius 1 is 1.10 bits per heavy atom. The largest absolute Gasteiger partial charge is 0.573 e. The van der Waals surface area contributed by atoms with Gasteiger partial charge in [0.1, 0.15) is 17.9 Å². The number of carbonyl (C=O) groups is 1. The van der Waals surface area contributed by atoms with E-state index in [1.807, 2.05) is 0 Å². The third kappa shape index (κ3) is 5.31. The minimum atomic E-state index is -4.75. The van der Waals surface area contributed by atoms with Gasteiger partial charge in [0.15, 0.2) is 5.82 Å². The van der Waals surface area contributed by atoms with Gasteiger partial charge >= 0.3 is 12.3 Å². The number of alkyl halides is 3. The van der Waals surface area contributed by atoms with Gasteiger partial charge in [-0.1, -0.05) is 6.07 Å². The molecule has 0 fully saturated rings. The van der Waals surface area contributed by atoms with Gasteiger partial charge in [0, 0.05) is 6.42 Å². The average Bonchev–Trinajstić information content (AvgIpc) is 3.14. The van der Waals surface area contributed by atoms with Gasteiger partial charge in [-0.3, -0.25) is 0 Å². The Morgan fingerprint density at radius 2 is 1.83 bits per heavy atom. The van der Waals surface area contributed by atoms with Crippen molar-refractivity contribution in [1.29, 1.82) is 0 Å². The van der Waals surface area contributed by atoms with Crippen LogP contribution in [0.4, 0.5) is 17.6 Å². The molecule has 0 radical (unpaired) electrons. The predicted molar refractivity (Wildman–Crippen MR) is 93.2 cm³/mol. The molecule has 1 aromatic heterocycles. The van der Waals surface area contributed by atoms with Gasteiger partial charge in [-0.15, -0.1) is 13.2 Å². The number of hydrogen-bond donors (Lipinski definition) is 0. The van der Waals surface area contributed by atoms with Gasteiger partial charge in [-0.25, -0.2) is 18.9 Å². The molecule has 1 heterocycles. The van der Waals surface area contributed by atoms with E-state index in [2.05, 4.69) is 19.6 Å². The molecule has 3 aromatic rings. The molecule has 0 N–H and O–H groups in total. The van der Waals surface area contributed by atoms with Crippen LogP contribution in [0.1, 0.15) is 21.7 Å². The number of nitrogens with zero attached hydrogens (tertiary/aromatic N) is 3. The van der Waals surface area contributed by atoms with Gasteiger partial charge in [0.05, 0.1) is 18.4 Å². The molecule has 0 aliphatic carbocycles. The molecular formula is C19H15F4N3O3. The van der Waals surface area contributed by atoms with Crippen molar-refractivity contribution in [2.24, 2.45) is 0 Å². The normalized spacial score (nSPS) is 11.3. The summed E-state index contributed by atoms with van der Waals surface area (Å²) < 4.78 is 60.3. The number of benzene rings is 2. The van der Waals surface area contributed by atoms with E-state index < -0.39 is 18.1 Å². The van der Waals surface area contributed by atoms with Crippen LogP contribution >= 0.6 is 0 Å². The summed E-state index contributed by atoms with van der Waals surface area (Å²) in [6.07, 6.45) is -2.49. The first-order chi connectivity index (χ1) is 13.7. The first kappa shape index (κ1) is 20.3. The summed E-state index contributed by atoms with van der Waals surface area (Å²) in [5, 5.41) is 4.26. The highest BCUT2D eigenvalue weighted by molar-refractivity contribution is 5.89. The number of aromatic nitrogens is 3. The molecule has 0 spiro atoms.